The van der Waals surface area contributed by atoms with Gasteiger partial charge in [0.1, 0.15) is 0 Å². The van der Waals surface area contributed by atoms with Gasteiger partial charge in [-0.05, 0) is 29.7 Å². The maximum Gasteiger partial charge on any atom is 0.223 e. The second-order valence-electron chi connectivity index (χ2n) is 6.36. The molecule has 1 atom stereocenters. The van der Waals surface area contributed by atoms with Crippen LogP contribution in [0.2, 0.25) is 5.02 Å². The van der Waals surface area contributed by atoms with Gasteiger partial charge in [-0.2, -0.15) is 0 Å². The van der Waals surface area contributed by atoms with Crippen LogP contribution >= 0.6 is 11.6 Å². The molecule has 0 N–H and O–H groups in total. The summed E-state index contributed by atoms with van der Waals surface area (Å²) in [6, 6.07) is 18.2. The van der Waals surface area contributed by atoms with Crippen molar-refractivity contribution in [3.63, 3.8) is 0 Å². The van der Waals surface area contributed by atoms with E-state index in [4.69, 9.17) is 11.6 Å². The number of carbonyl (C=O) groups is 1. The van der Waals surface area contributed by atoms with Crippen LogP contribution in [0.4, 0.5) is 5.69 Å². The third-order valence-corrected chi connectivity index (χ3v) is 4.89. The standard InChI is InChI=1S/C20H23ClN2O/c1-16(17-6-3-2-4-7-17)14-20(24)23-12-10-22(11-13-23)19-9-5-8-18(21)15-19/h2-9,15-16H,10-14H2,1H3. The number of amides is 1. The van der Waals surface area contributed by atoms with Crippen molar-refractivity contribution in [2.75, 3.05) is 31.1 Å². The minimum Gasteiger partial charge on any atom is -0.368 e. The molecule has 0 radical (unpaired) electrons. The maximum atomic E-state index is 12.6. The topological polar surface area (TPSA) is 23.6 Å². The lowest BCUT2D eigenvalue weighted by molar-refractivity contribution is -0.131. The SMILES string of the molecule is CC(CC(=O)N1CCN(c2cccc(Cl)c2)CC1)c1ccccc1. The number of rotatable bonds is 4. The van der Waals surface area contributed by atoms with Gasteiger partial charge in [-0.1, -0.05) is 54.9 Å². The molecular formula is C20H23ClN2O. The quantitative estimate of drug-likeness (QED) is 0.832. The van der Waals surface area contributed by atoms with Crippen molar-refractivity contribution in [1.82, 2.24) is 4.90 Å². The van der Waals surface area contributed by atoms with Crippen LogP contribution < -0.4 is 4.90 Å². The van der Waals surface area contributed by atoms with Crippen molar-refractivity contribution in [1.29, 1.82) is 0 Å². The Balaban J connectivity index is 1.53. The fourth-order valence-electron chi connectivity index (χ4n) is 3.18. The summed E-state index contributed by atoms with van der Waals surface area (Å²) in [6.45, 7) is 5.37. The van der Waals surface area contributed by atoms with Crippen LogP contribution in [0.3, 0.4) is 0 Å². The first-order chi connectivity index (χ1) is 11.6. The molecule has 1 aliphatic heterocycles. The van der Waals surface area contributed by atoms with Gasteiger partial charge in [-0.3, -0.25) is 4.79 Å². The molecule has 1 amide bonds. The molecule has 3 nitrogen and oxygen atoms in total. The van der Waals surface area contributed by atoms with Gasteiger partial charge >= 0.3 is 0 Å². The zero-order chi connectivity index (χ0) is 16.9. The van der Waals surface area contributed by atoms with Crippen molar-refractivity contribution in [3.8, 4) is 0 Å². The van der Waals surface area contributed by atoms with Crippen LogP contribution in [0.1, 0.15) is 24.8 Å². The second kappa shape index (κ2) is 7.71. The number of hydrogen-bond acceptors (Lipinski definition) is 2. The lowest BCUT2D eigenvalue weighted by atomic mass is 9.97. The maximum absolute atomic E-state index is 12.6. The van der Waals surface area contributed by atoms with E-state index in [1.807, 2.05) is 41.3 Å². The molecule has 1 fully saturated rings. The number of anilines is 1. The zero-order valence-corrected chi connectivity index (χ0v) is 14.7. The molecule has 1 aliphatic rings. The molecule has 2 aromatic rings. The van der Waals surface area contributed by atoms with Crippen molar-refractivity contribution in [2.45, 2.75) is 19.3 Å². The summed E-state index contributed by atoms with van der Waals surface area (Å²) < 4.78 is 0. The van der Waals surface area contributed by atoms with Gasteiger partial charge in [0.05, 0.1) is 0 Å². The molecule has 0 aromatic heterocycles. The van der Waals surface area contributed by atoms with Crippen LogP contribution in [0.5, 0.6) is 0 Å². The summed E-state index contributed by atoms with van der Waals surface area (Å²) in [5, 5.41) is 0.752. The molecule has 24 heavy (non-hydrogen) atoms. The van der Waals surface area contributed by atoms with Crippen molar-refractivity contribution >= 4 is 23.2 Å². The fraction of sp³-hybridized carbons (Fsp3) is 0.350. The zero-order valence-electron chi connectivity index (χ0n) is 14.0. The number of carbonyl (C=O) groups excluding carboxylic acids is 1. The normalized spacial score (nSPS) is 16.1. The van der Waals surface area contributed by atoms with Crippen LogP contribution in [0.15, 0.2) is 54.6 Å². The minimum absolute atomic E-state index is 0.247. The van der Waals surface area contributed by atoms with Gasteiger partial charge in [0.25, 0.3) is 0 Å². The van der Waals surface area contributed by atoms with Crippen molar-refractivity contribution < 1.29 is 4.79 Å². The minimum atomic E-state index is 0.247. The molecule has 1 unspecified atom stereocenters. The first kappa shape index (κ1) is 16.8. The molecule has 4 heteroatoms. The highest BCUT2D eigenvalue weighted by atomic mass is 35.5. The molecule has 126 valence electrons. The lowest BCUT2D eigenvalue weighted by Gasteiger charge is -2.36. The van der Waals surface area contributed by atoms with E-state index < -0.39 is 0 Å². The fourth-order valence-corrected chi connectivity index (χ4v) is 3.36. The third-order valence-electron chi connectivity index (χ3n) is 4.66. The molecule has 0 bridgehead atoms. The van der Waals surface area contributed by atoms with Crippen molar-refractivity contribution in [3.05, 3.63) is 65.2 Å². The summed E-state index contributed by atoms with van der Waals surface area (Å²) in [5.74, 6) is 0.502. The predicted octanol–water partition coefficient (Wildman–Crippen LogP) is 4.18. The van der Waals surface area contributed by atoms with Gasteiger partial charge in [-0.25, -0.2) is 0 Å². The van der Waals surface area contributed by atoms with E-state index in [0.717, 1.165) is 36.9 Å². The number of nitrogens with zero attached hydrogens (tertiary/aromatic N) is 2. The van der Waals surface area contributed by atoms with E-state index in [0.29, 0.717) is 6.42 Å². The van der Waals surface area contributed by atoms with E-state index in [1.54, 1.807) is 0 Å². The predicted molar refractivity (Wildman–Crippen MR) is 99.7 cm³/mol. The molecule has 0 spiro atoms. The summed E-state index contributed by atoms with van der Waals surface area (Å²) >= 11 is 6.07. The number of piperazine rings is 1. The van der Waals surface area contributed by atoms with E-state index in [2.05, 4.69) is 30.0 Å². The summed E-state index contributed by atoms with van der Waals surface area (Å²) in [6.07, 6.45) is 0.571. The Kier molecular flexibility index (Phi) is 5.41. The number of benzene rings is 2. The second-order valence-corrected chi connectivity index (χ2v) is 6.80. The van der Waals surface area contributed by atoms with Crippen LogP contribution in [-0.4, -0.2) is 37.0 Å². The van der Waals surface area contributed by atoms with Gasteiger partial charge in [-0.15, -0.1) is 0 Å². The van der Waals surface area contributed by atoms with Gasteiger partial charge in [0.2, 0.25) is 5.91 Å². The smallest absolute Gasteiger partial charge is 0.223 e. The summed E-state index contributed by atoms with van der Waals surface area (Å²) in [5.41, 5.74) is 2.36. The summed E-state index contributed by atoms with van der Waals surface area (Å²) in [7, 11) is 0. The van der Waals surface area contributed by atoms with Crippen molar-refractivity contribution in [2.24, 2.45) is 0 Å². The Bertz CT molecular complexity index is 681. The van der Waals surface area contributed by atoms with Gasteiger partial charge in [0.15, 0.2) is 0 Å². The first-order valence-electron chi connectivity index (χ1n) is 8.47. The molecule has 0 saturated carbocycles. The van der Waals surface area contributed by atoms with E-state index in [1.165, 1.54) is 5.56 Å². The van der Waals surface area contributed by atoms with Crippen LogP contribution in [-0.2, 0) is 4.79 Å². The monoisotopic (exact) mass is 342 g/mol. The Hall–Kier alpha value is -2.00. The highest BCUT2D eigenvalue weighted by Crippen LogP contribution is 2.23. The average molecular weight is 343 g/mol. The Morgan fingerprint density at radius 1 is 1.04 bits per heavy atom. The Morgan fingerprint density at radius 2 is 1.75 bits per heavy atom. The molecular weight excluding hydrogens is 320 g/mol. The third kappa shape index (κ3) is 4.09. The molecule has 0 aliphatic carbocycles. The Labute approximate surface area is 148 Å². The Morgan fingerprint density at radius 3 is 2.42 bits per heavy atom. The molecule has 1 heterocycles. The highest BCUT2D eigenvalue weighted by Gasteiger charge is 2.23. The highest BCUT2D eigenvalue weighted by molar-refractivity contribution is 6.30. The van der Waals surface area contributed by atoms with Gasteiger partial charge < -0.3 is 9.80 Å². The van der Waals surface area contributed by atoms with E-state index >= 15 is 0 Å². The summed E-state index contributed by atoms with van der Waals surface area (Å²) in [4.78, 5) is 16.8. The van der Waals surface area contributed by atoms with Crippen LogP contribution in [0.25, 0.3) is 0 Å². The largest absolute Gasteiger partial charge is 0.368 e. The van der Waals surface area contributed by atoms with Gasteiger partial charge in [0, 0.05) is 43.3 Å². The molecule has 1 saturated heterocycles. The molecule has 3 rings (SSSR count). The number of hydrogen-bond donors (Lipinski definition) is 0. The average Bonchev–Trinajstić information content (AvgIpc) is 2.62. The van der Waals surface area contributed by atoms with E-state index in [9.17, 15) is 4.79 Å². The first-order valence-corrected chi connectivity index (χ1v) is 8.84. The lowest BCUT2D eigenvalue weighted by Crippen LogP contribution is -2.49. The number of halogens is 1. The molecule has 2 aromatic carbocycles. The van der Waals surface area contributed by atoms with Crippen LogP contribution in [0, 0.1) is 0 Å². The van der Waals surface area contributed by atoms with E-state index in [-0.39, 0.29) is 11.8 Å².